The minimum atomic E-state index is -0.467. The Kier molecular flexibility index (Phi) is 8.58. The largest absolute Gasteiger partial charge is 0.354 e. The average Bonchev–Trinajstić information content (AvgIpc) is 2.99. The molecule has 0 bridgehead atoms. The molecule has 1 aromatic carbocycles. The molecule has 0 aliphatic heterocycles. The smallest absolute Gasteiger partial charge is 0.192 e. The number of nitrogens with zero attached hydrogens (tertiary/aromatic N) is 4. The molecular formula is C19H27F2IN6. The summed E-state index contributed by atoms with van der Waals surface area (Å²) in [4.78, 5) is 4.47. The van der Waals surface area contributed by atoms with Gasteiger partial charge < -0.3 is 15.2 Å². The van der Waals surface area contributed by atoms with E-state index in [0.29, 0.717) is 18.5 Å². The van der Waals surface area contributed by atoms with Crippen molar-refractivity contribution >= 4 is 29.9 Å². The molecule has 3 rings (SSSR count). The Labute approximate surface area is 181 Å². The van der Waals surface area contributed by atoms with Crippen LogP contribution in [0.15, 0.2) is 23.2 Å². The van der Waals surface area contributed by atoms with Gasteiger partial charge in [0.05, 0.1) is 13.1 Å². The van der Waals surface area contributed by atoms with Crippen molar-refractivity contribution in [3.8, 4) is 0 Å². The summed E-state index contributed by atoms with van der Waals surface area (Å²) in [6.45, 7) is 2.39. The van der Waals surface area contributed by atoms with E-state index < -0.39 is 11.6 Å². The van der Waals surface area contributed by atoms with Gasteiger partial charge in [-0.3, -0.25) is 0 Å². The Balaban J connectivity index is 0.00000280. The first-order valence-electron chi connectivity index (χ1n) is 9.36. The molecule has 1 heterocycles. The molecule has 2 N–H and O–H groups in total. The maximum Gasteiger partial charge on any atom is 0.192 e. The molecule has 1 fully saturated rings. The van der Waals surface area contributed by atoms with Crippen LogP contribution in [-0.2, 0) is 20.1 Å². The van der Waals surface area contributed by atoms with Gasteiger partial charge in [0.15, 0.2) is 11.8 Å². The second-order valence-electron chi connectivity index (χ2n) is 6.96. The molecule has 1 aliphatic carbocycles. The molecular weight excluding hydrogens is 477 g/mol. The van der Waals surface area contributed by atoms with Gasteiger partial charge in [-0.2, -0.15) is 0 Å². The van der Waals surface area contributed by atoms with Crippen molar-refractivity contribution in [3.63, 3.8) is 0 Å². The van der Waals surface area contributed by atoms with Crippen LogP contribution in [0.5, 0.6) is 0 Å². The van der Waals surface area contributed by atoms with E-state index in [-0.39, 0.29) is 36.1 Å². The van der Waals surface area contributed by atoms with Crippen LogP contribution in [-0.4, -0.2) is 26.8 Å². The molecule has 0 radical (unpaired) electrons. The Hall–Kier alpha value is -1.78. The monoisotopic (exact) mass is 504 g/mol. The minimum Gasteiger partial charge on any atom is -0.354 e. The lowest BCUT2D eigenvalue weighted by molar-refractivity contribution is 0.409. The first-order chi connectivity index (χ1) is 13.0. The number of halogens is 3. The fourth-order valence-corrected chi connectivity index (χ4v) is 3.19. The number of hydrogen-bond donors (Lipinski definition) is 2. The van der Waals surface area contributed by atoms with Crippen molar-refractivity contribution in [2.75, 3.05) is 0 Å². The molecule has 1 aromatic heterocycles. The van der Waals surface area contributed by atoms with Gasteiger partial charge in [-0.05, 0) is 38.0 Å². The van der Waals surface area contributed by atoms with Gasteiger partial charge in [-0.1, -0.05) is 19.3 Å². The van der Waals surface area contributed by atoms with Crippen LogP contribution in [0.1, 0.15) is 49.3 Å². The van der Waals surface area contributed by atoms with Crippen LogP contribution in [0.25, 0.3) is 0 Å². The third-order valence-corrected chi connectivity index (χ3v) is 4.96. The number of aryl methyl sites for hydroxylation is 1. The van der Waals surface area contributed by atoms with Crippen LogP contribution in [0.2, 0.25) is 0 Å². The average molecular weight is 504 g/mol. The van der Waals surface area contributed by atoms with Gasteiger partial charge in [0.1, 0.15) is 17.5 Å². The molecule has 1 aliphatic rings. The van der Waals surface area contributed by atoms with Crippen LogP contribution < -0.4 is 10.6 Å². The molecule has 0 atom stereocenters. The number of aliphatic imine (C=N–C) groups is 1. The van der Waals surface area contributed by atoms with Crippen molar-refractivity contribution < 1.29 is 8.78 Å². The molecule has 1 saturated carbocycles. The van der Waals surface area contributed by atoms with Gasteiger partial charge in [-0.15, -0.1) is 34.2 Å². The Morgan fingerprint density at radius 3 is 2.64 bits per heavy atom. The Morgan fingerprint density at radius 2 is 1.96 bits per heavy atom. The van der Waals surface area contributed by atoms with Gasteiger partial charge in [0, 0.05) is 18.7 Å². The van der Waals surface area contributed by atoms with Crippen molar-refractivity contribution in [1.82, 2.24) is 25.4 Å². The van der Waals surface area contributed by atoms with Crippen LogP contribution in [0.3, 0.4) is 0 Å². The van der Waals surface area contributed by atoms with E-state index in [4.69, 9.17) is 0 Å². The first kappa shape index (κ1) is 22.5. The number of aromatic nitrogens is 3. The van der Waals surface area contributed by atoms with Crippen molar-refractivity contribution in [2.24, 2.45) is 12.0 Å². The highest BCUT2D eigenvalue weighted by molar-refractivity contribution is 14.0. The third kappa shape index (κ3) is 6.11. The van der Waals surface area contributed by atoms with Crippen LogP contribution >= 0.6 is 24.0 Å². The fraction of sp³-hybridized carbons (Fsp3) is 0.526. The number of rotatable bonds is 5. The zero-order valence-electron chi connectivity index (χ0n) is 16.2. The predicted octanol–water partition coefficient (Wildman–Crippen LogP) is 3.59. The molecule has 9 heteroatoms. The van der Waals surface area contributed by atoms with Gasteiger partial charge >= 0.3 is 0 Å². The first-order valence-corrected chi connectivity index (χ1v) is 9.36. The number of nitrogens with one attached hydrogen (secondary N) is 2. The molecule has 28 heavy (non-hydrogen) atoms. The van der Waals surface area contributed by atoms with E-state index in [1.807, 2.05) is 18.5 Å². The number of guanidine groups is 1. The molecule has 0 amide bonds. The predicted molar refractivity (Wildman–Crippen MR) is 116 cm³/mol. The zero-order chi connectivity index (χ0) is 19.2. The van der Waals surface area contributed by atoms with E-state index in [1.165, 1.54) is 25.3 Å². The highest BCUT2D eigenvalue weighted by Crippen LogP contribution is 2.17. The van der Waals surface area contributed by atoms with E-state index in [1.54, 1.807) is 0 Å². The number of benzene rings is 1. The maximum atomic E-state index is 13.9. The lowest BCUT2D eigenvalue weighted by Crippen LogP contribution is -2.44. The lowest BCUT2D eigenvalue weighted by Gasteiger charge is -2.25. The molecule has 0 spiro atoms. The summed E-state index contributed by atoms with van der Waals surface area (Å²) in [7, 11) is 1.90. The SMILES string of the molecule is Cc1nnc(CNC(=NCc2cc(F)ccc2F)NC2CCCCC2)n1C.I. The lowest BCUT2D eigenvalue weighted by atomic mass is 9.96. The Bertz CT molecular complexity index is 802. The normalized spacial score (nSPS) is 15.2. The fourth-order valence-electron chi connectivity index (χ4n) is 3.19. The summed E-state index contributed by atoms with van der Waals surface area (Å²) in [5, 5.41) is 14.8. The molecule has 2 aromatic rings. The summed E-state index contributed by atoms with van der Waals surface area (Å²) in [6.07, 6.45) is 5.79. The van der Waals surface area contributed by atoms with Crippen LogP contribution in [0, 0.1) is 18.6 Å². The second-order valence-corrected chi connectivity index (χ2v) is 6.96. The molecule has 154 valence electrons. The van der Waals surface area contributed by atoms with Gasteiger partial charge in [0.25, 0.3) is 0 Å². The maximum absolute atomic E-state index is 13.9. The highest BCUT2D eigenvalue weighted by atomic mass is 127. The standard InChI is InChI=1S/C19H26F2N6.HI/c1-13-25-26-18(27(13)2)12-23-19(24-16-6-4-3-5-7-16)22-11-14-10-15(20)8-9-17(14)21;/h8-10,16H,3-7,11-12H2,1-2H3,(H2,22,23,24);1H. The van der Waals surface area contributed by atoms with E-state index in [9.17, 15) is 8.78 Å². The molecule has 0 unspecified atom stereocenters. The van der Waals surface area contributed by atoms with Crippen LogP contribution in [0.4, 0.5) is 8.78 Å². The van der Waals surface area contributed by atoms with Crippen molar-refractivity contribution in [2.45, 2.75) is 58.2 Å². The summed E-state index contributed by atoms with van der Waals surface area (Å²) in [5.41, 5.74) is 0.231. The topological polar surface area (TPSA) is 67.1 Å². The van der Waals surface area contributed by atoms with Gasteiger partial charge in [-0.25, -0.2) is 13.8 Å². The quantitative estimate of drug-likeness (QED) is 0.371. The van der Waals surface area contributed by atoms with Crippen molar-refractivity contribution in [3.05, 3.63) is 47.0 Å². The van der Waals surface area contributed by atoms with Crippen molar-refractivity contribution in [1.29, 1.82) is 0 Å². The zero-order valence-corrected chi connectivity index (χ0v) is 18.5. The Morgan fingerprint density at radius 1 is 1.21 bits per heavy atom. The van der Waals surface area contributed by atoms with Gasteiger partial charge in [0.2, 0.25) is 0 Å². The van der Waals surface area contributed by atoms with E-state index in [0.717, 1.165) is 36.6 Å². The minimum absolute atomic E-state index is 0. The second kappa shape index (κ2) is 10.7. The summed E-state index contributed by atoms with van der Waals surface area (Å²) in [5.74, 6) is 1.26. The summed E-state index contributed by atoms with van der Waals surface area (Å²) >= 11 is 0. The third-order valence-electron chi connectivity index (χ3n) is 4.96. The molecule has 0 saturated heterocycles. The summed E-state index contributed by atoms with van der Waals surface area (Å²) < 4.78 is 29.2. The molecule has 6 nitrogen and oxygen atoms in total. The summed E-state index contributed by atoms with van der Waals surface area (Å²) in [6, 6.07) is 3.76. The number of hydrogen-bond acceptors (Lipinski definition) is 3. The highest BCUT2D eigenvalue weighted by Gasteiger charge is 2.15. The van der Waals surface area contributed by atoms with E-state index in [2.05, 4.69) is 25.8 Å². The van der Waals surface area contributed by atoms with E-state index >= 15 is 0 Å².